The Labute approximate surface area is 107 Å². The summed E-state index contributed by atoms with van der Waals surface area (Å²) in [5, 5.41) is 3.43. The molecule has 0 aliphatic carbocycles. The van der Waals surface area contributed by atoms with Crippen molar-refractivity contribution in [2.75, 3.05) is 19.6 Å². The van der Waals surface area contributed by atoms with E-state index in [1.54, 1.807) is 0 Å². The van der Waals surface area contributed by atoms with Crippen LogP contribution < -0.4 is 5.32 Å². The van der Waals surface area contributed by atoms with Gasteiger partial charge in [0.2, 0.25) is 0 Å². The fourth-order valence-electron chi connectivity index (χ4n) is 2.46. The van der Waals surface area contributed by atoms with Crippen LogP contribution in [-0.4, -0.2) is 43.0 Å². The summed E-state index contributed by atoms with van der Waals surface area (Å²) in [5.74, 6) is 0. The van der Waals surface area contributed by atoms with E-state index >= 15 is 0 Å². The molecule has 0 radical (unpaired) electrons. The molecule has 1 aromatic rings. The normalized spacial score (nSPS) is 25.6. The maximum absolute atomic E-state index is 12.5. The molecule has 1 N–H and O–H groups in total. The van der Waals surface area contributed by atoms with Crippen molar-refractivity contribution in [3.63, 3.8) is 0 Å². The molecule has 1 fully saturated rings. The molecular formula is C14H20F2N2. The highest BCUT2D eigenvalue weighted by atomic mass is 19.3. The van der Waals surface area contributed by atoms with Gasteiger partial charge in [0.15, 0.2) is 0 Å². The second-order valence-corrected chi connectivity index (χ2v) is 4.99. The fourth-order valence-corrected chi connectivity index (χ4v) is 2.46. The molecule has 0 amide bonds. The van der Waals surface area contributed by atoms with Crippen molar-refractivity contribution in [2.24, 2.45) is 0 Å². The number of halogens is 2. The predicted molar refractivity (Wildman–Crippen MR) is 69.0 cm³/mol. The molecule has 2 atom stereocenters. The zero-order valence-electron chi connectivity index (χ0n) is 10.7. The van der Waals surface area contributed by atoms with Gasteiger partial charge in [-0.25, -0.2) is 8.78 Å². The zero-order valence-corrected chi connectivity index (χ0v) is 10.7. The molecule has 1 aliphatic rings. The van der Waals surface area contributed by atoms with Gasteiger partial charge in [-0.1, -0.05) is 30.3 Å². The highest BCUT2D eigenvalue weighted by molar-refractivity contribution is 5.16. The summed E-state index contributed by atoms with van der Waals surface area (Å²) in [4.78, 5) is 1.88. The number of hydrogen-bond donors (Lipinski definition) is 1. The lowest BCUT2D eigenvalue weighted by atomic mass is 10.0. The monoisotopic (exact) mass is 254 g/mol. The standard InChI is InChI=1S/C14H20F2N2/c1-11-8-17-13(9-18(11)10-14(15)16)7-12-5-3-2-4-6-12/h2-6,11,13-14,17H,7-10H2,1H3. The molecule has 18 heavy (non-hydrogen) atoms. The highest BCUT2D eigenvalue weighted by Crippen LogP contribution is 2.12. The summed E-state index contributed by atoms with van der Waals surface area (Å²) < 4.78 is 25.0. The first-order valence-corrected chi connectivity index (χ1v) is 6.44. The zero-order chi connectivity index (χ0) is 13.0. The number of hydrogen-bond acceptors (Lipinski definition) is 2. The van der Waals surface area contributed by atoms with Gasteiger partial charge in [-0.15, -0.1) is 0 Å². The van der Waals surface area contributed by atoms with Crippen LogP contribution in [0, 0.1) is 0 Å². The smallest absolute Gasteiger partial charge is 0.251 e. The summed E-state index contributed by atoms with van der Waals surface area (Å²) >= 11 is 0. The van der Waals surface area contributed by atoms with Crippen LogP contribution in [0.3, 0.4) is 0 Å². The molecule has 2 unspecified atom stereocenters. The first-order valence-electron chi connectivity index (χ1n) is 6.44. The number of benzene rings is 1. The Hall–Kier alpha value is -1.00. The number of rotatable bonds is 4. The third kappa shape index (κ3) is 3.75. The molecule has 1 aliphatic heterocycles. The van der Waals surface area contributed by atoms with E-state index < -0.39 is 6.43 Å². The summed E-state index contributed by atoms with van der Waals surface area (Å²) in [6.07, 6.45) is -1.35. The summed E-state index contributed by atoms with van der Waals surface area (Å²) in [6.45, 7) is 3.35. The van der Waals surface area contributed by atoms with E-state index in [9.17, 15) is 8.78 Å². The van der Waals surface area contributed by atoms with E-state index in [4.69, 9.17) is 0 Å². The Balaban J connectivity index is 1.91. The molecule has 1 heterocycles. The predicted octanol–water partition coefficient (Wildman–Crippen LogP) is 2.16. The van der Waals surface area contributed by atoms with Crippen LogP contribution in [0.15, 0.2) is 30.3 Å². The number of nitrogens with zero attached hydrogens (tertiary/aromatic N) is 1. The Morgan fingerprint density at radius 3 is 2.72 bits per heavy atom. The van der Waals surface area contributed by atoms with E-state index in [0.717, 1.165) is 13.0 Å². The van der Waals surface area contributed by atoms with Gasteiger partial charge in [-0.2, -0.15) is 0 Å². The van der Waals surface area contributed by atoms with Gasteiger partial charge < -0.3 is 5.32 Å². The Morgan fingerprint density at radius 1 is 1.33 bits per heavy atom. The van der Waals surface area contributed by atoms with Crippen LogP contribution in [0.1, 0.15) is 12.5 Å². The fraction of sp³-hybridized carbons (Fsp3) is 0.571. The number of nitrogens with one attached hydrogen (secondary N) is 1. The van der Waals surface area contributed by atoms with Gasteiger partial charge in [-0.3, -0.25) is 4.90 Å². The molecular weight excluding hydrogens is 234 g/mol. The molecule has 0 aromatic heterocycles. The summed E-state index contributed by atoms with van der Waals surface area (Å²) in [6, 6.07) is 10.6. The van der Waals surface area contributed by atoms with Gasteiger partial charge in [-0.05, 0) is 18.9 Å². The second-order valence-electron chi connectivity index (χ2n) is 4.99. The average Bonchev–Trinajstić information content (AvgIpc) is 2.34. The van der Waals surface area contributed by atoms with Crippen molar-refractivity contribution in [1.29, 1.82) is 0 Å². The van der Waals surface area contributed by atoms with Crippen molar-refractivity contribution in [2.45, 2.75) is 31.9 Å². The molecule has 0 bridgehead atoms. The van der Waals surface area contributed by atoms with E-state index in [1.807, 2.05) is 30.0 Å². The van der Waals surface area contributed by atoms with Gasteiger partial charge in [0.05, 0.1) is 6.54 Å². The van der Waals surface area contributed by atoms with Crippen molar-refractivity contribution >= 4 is 0 Å². The lowest BCUT2D eigenvalue weighted by Crippen LogP contribution is -2.57. The molecule has 1 aromatic carbocycles. The SMILES string of the molecule is CC1CNC(Cc2ccccc2)CN1CC(F)F. The maximum atomic E-state index is 12.5. The van der Waals surface area contributed by atoms with Crippen LogP contribution in [0.25, 0.3) is 0 Å². The summed E-state index contributed by atoms with van der Waals surface area (Å²) in [7, 11) is 0. The maximum Gasteiger partial charge on any atom is 0.251 e. The quantitative estimate of drug-likeness (QED) is 0.885. The number of alkyl halides is 2. The van der Waals surface area contributed by atoms with Crippen molar-refractivity contribution in [3.05, 3.63) is 35.9 Å². The van der Waals surface area contributed by atoms with Crippen LogP contribution >= 0.6 is 0 Å². The largest absolute Gasteiger partial charge is 0.311 e. The molecule has 0 spiro atoms. The molecule has 2 nitrogen and oxygen atoms in total. The second kappa shape index (κ2) is 6.25. The minimum atomic E-state index is -2.25. The van der Waals surface area contributed by atoms with Gasteiger partial charge in [0, 0.05) is 25.2 Å². The minimum absolute atomic E-state index is 0.117. The lowest BCUT2D eigenvalue weighted by molar-refractivity contribution is 0.0483. The van der Waals surface area contributed by atoms with Crippen LogP contribution in [0.4, 0.5) is 8.78 Å². The van der Waals surface area contributed by atoms with E-state index in [1.165, 1.54) is 5.56 Å². The topological polar surface area (TPSA) is 15.3 Å². The van der Waals surface area contributed by atoms with Crippen LogP contribution in [0.2, 0.25) is 0 Å². The van der Waals surface area contributed by atoms with Crippen molar-refractivity contribution < 1.29 is 8.78 Å². The van der Waals surface area contributed by atoms with Crippen molar-refractivity contribution in [1.82, 2.24) is 10.2 Å². The van der Waals surface area contributed by atoms with Crippen molar-refractivity contribution in [3.8, 4) is 0 Å². The van der Waals surface area contributed by atoms with E-state index in [0.29, 0.717) is 6.54 Å². The van der Waals surface area contributed by atoms with Gasteiger partial charge in [0.25, 0.3) is 6.43 Å². The van der Waals surface area contributed by atoms with Gasteiger partial charge in [0.1, 0.15) is 0 Å². The first-order chi connectivity index (χ1) is 8.65. The Bertz CT molecular complexity index is 356. The number of piperazine rings is 1. The Kier molecular flexibility index (Phi) is 4.66. The van der Waals surface area contributed by atoms with Crippen LogP contribution in [-0.2, 0) is 6.42 Å². The van der Waals surface area contributed by atoms with E-state index in [-0.39, 0.29) is 18.6 Å². The molecule has 100 valence electrons. The first kappa shape index (κ1) is 13.4. The third-order valence-corrected chi connectivity index (χ3v) is 3.48. The van der Waals surface area contributed by atoms with Gasteiger partial charge >= 0.3 is 0 Å². The highest BCUT2D eigenvalue weighted by Gasteiger charge is 2.26. The molecule has 2 rings (SSSR count). The lowest BCUT2D eigenvalue weighted by Gasteiger charge is -2.38. The van der Waals surface area contributed by atoms with E-state index in [2.05, 4.69) is 17.4 Å². The molecule has 0 saturated carbocycles. The third-order valence-electron chi connectivity index (χ3n) is 3.48. The minimum Gasteiger partial charge on any atom is -0.311 e. The Morgan fingerprint density at radius 2 is 2.06 bits per heavy atom. The molecule has 4 heteroatoms. The van der Waals surface area contributed by atoms with Crippen LogP contribution in [0.5, 0.6) is 0 Å². The summed E-state index contributed by atoms with van der Waals surface area (Å²) in [5.41, 5.74) is 1.25. The average molecular weight is 254 g/mol. The molecule has 1 saturated heterocycles.